The Bertz CT molecular complexity index is 1540. The molecule has 0 radical (unpaired) electrons. The first kappa shape index (κ1) is 20.2. The molecule has 0 bridgehead atoms. The third kappa shape index (κ3) is 3.31. The number of nitrogens with one attached hydrogen (secondary N) is 1. The number of carbonyl (C=O) groups is 1. The van der Waals surface area contributed by atoms with Gasteiger partial charge in [0, 0.05) is 22.7 Å². The maximum Gasteiger partial charge on any atom is 0.338 e. The predicted octanol–water partition coefficient (Wildman–Crippen LogP) is 3.28. The van der Waals surface area contributed by atoms with Gasteiger partial charge in [0.15, 0.2) is 4.80 Å². The van der Waals surface area contributed by atoms with Crippen molar-refractivity contribution in [1.29, 1.82) is 0 Å². The van der Waals surface area contributed by atoms with E-state index in [2.05, 4.69) is 9.98 Å². The average molecular weight is 444 g/mol. The Morgan fingerprint density at radius 1 is 1.19 bits per heavy atom. The van der Waals surface area contributed by atoms with Crippen molar-refractivity contribution >= 4 is 34.3 Å². The molecule has 3 heterocycles. The molecule has 1 aliphatic rings. The van der Waals surface area contributed by atoms with E-state index in [4.69, 9.17) is 4.74 Å². The second-order valence-corrected chi connectivity index (χ2v) is 8.51. The number of fused-ring (bicyclic) bond motifs is 2. The Labute approximate surface area is 187 Å². The number of ether oxygens (including phenoxy) is 1. The molecule has 6 nitrogen and oxygen atoms in total. The molecular weight excluding hydrogens is 422 g/mol. The molecule has 0 saturated carbocycles. The highest BCUT2D eigenvalue weighted by Gasteiger charge is 2.33. The zero-order chi connectivity index (χ0) is 22.2. The van der Waals surface area contributed by atoms with Gasteiger partial charge >= 0.3 is 5.97 Å². The van der Waals surface area contributed by atoms with Gasteiger partial charge in [-0.15, -0.1) is 0 Å². The number of allylic oxidation sites excluding steroid dienone is 1. The highest BCUT2D eigenvalue weighted by Crippen LogP contribution is 2.30. The number of nitrogens with zero attached hydrogens (tertiary/aromatic N) is 2. The Balaban J connectivity index is 1.74. The molecule has 1 aliphatic heterocycles. The number of carbonyl (C=O) groups excluding carboxylic acids is 1. The second kappa shape index (κ2) is 8.09. The summed E-state index contributed by atoms with van der Waals surface area (Å²) in [4.78, 5) is 34.9. The summed E-state index contributed by atoms with van der Waals surface area (Å²) < 4.78 is 7.49. The molecule has 5 rings (SSSR count). The standard InChI is InChI=1S/C25H21N3O3S/c1-3-31-24(30)21-15(2)27-25-28(22(21)16-9-5-4-6-10-16)23(29)20(32-25)13-17-14-26-19-12-8-7-11-18(17)19/h4-14,22,26H,3H2,1-2H3/b20-13-. The number of aromatic nitrogens is 2. The Morgan fingerprint density at radius 2 is 1.94 bits per heavy atom. The minimum atomic E-state index is -0.586. The van der Waals surface area contributed by atoms with Crippen LogP contribution in [0.2, 0.25) is 0 Å². The highest BCUT2D eigenvalue weighted by molar-refractivity contribution is 7.07. The fourth-order valence-electron chi connectivity index (χ4n) is 4.10. The average Bonchev–Trinajstić information content (AvgIpc) is 3.34. The Morgan fingerprint density at radius 3 is 2.72 bits per heavy atom. The molecule has 160 valence electrons. The number of rotatable bonds is 4. The van der Waals surface area contributed by atoms with Gasteiger partial charge in [-0.2, -0.15) is 0 Å². The fraction of sp³-hybridized carbons (Fsp3) is 0.160. The highest BCUT2D eigenvalue weighted by atomic mass is 32.1. The van der Waals surface area contributed by atoms with Crippen LogP contribution in [-0.2, 0) is 9.53 Å². The number of aromatic amines is 1. The van der Waals surface area contributed by atoms with Gasteiger partial charge in [0.1, 0.15) is 0 Å². The van der Waals surface area contributed by atoms with Gasteiger partial charge in [0.2, 0.25) is 0 Å². The predicted molar refractivity (Wildman–Crippen MR) is 125 cm³/mol. The lowest BCUT2D eigenvalue weighted by molar-refractivity contribution is -0.139. The maximum atomic E-state index is 13.6. The number of hydrogen-bond donors (Lipinski definition) is 1. The topological polar surface area (TPSA) is 76.4 Å². The monoisotopic (exact) mass is 443 g/mol. The molecule has 0 amide bonds. The zero-order valence-corrected chi connectivity index (χ0v) is 18.5. The second-order valence-electron chi connectivity index (χ2n) is 7.50. The number of thiazole rings is 1. The van der Waals surface area contributed by atoms with Crippen molar-refractivity contribution in [2.75, 3.05) is 6.61 Å². The van der Waals surface area contributed by atoms with E-state index >= 15 is 0 Å². The van der Waals surface area contributed by atoms with Crippen molar-refractivity contribution in [2.24, 2.45) is 4.99 Å². The molecule has 1 N–H and O–H groups in total. The molecule has 0 fully saturated rings. The molecule has 4 aromatic rings. The lowest BCUT2D eigenvalue weighted by Gasteiger charge is -2.24. The van der Waals surface area contributed by atoms with E-state index in [0.717, 1.165) is 22.0 Å². The van der Waals surface area contributed by atoms with E-state index in [0.29, 0.717) is 20.6 Å². The zero-order valence-electron chi connectivity index (χ0n) is 17.7. The van der Waals surface area contributed by atoms with E-state index in [1.807, 2.05) is 66.9 Å². The summed E-state index contributed by atoms with van der Waals surface area (Å²) in [6, 6.07) is 16.9. The first-order valence-corrected chi connectivity index (χ1v) is 11.2. The molecular formula is C25H21N3O3S. The van der Waals surface area contributed by atoms with Crippen molar-refractivity contribution in [1.82, 2.24) is 9.55 Å². The van der Waals surface area contributed by atoms with Crippen LogP contribution in [0.5, 0.6) is 0 Å². The third-order valence-electron chi connectivity index (χ3n) is 5.54. The van der Waals surface area contributed by atoms with Crippen LogP contribution in [0, 0.1) is 0 Å². The lowest BCUT2D eigenvalue weighted by atomic mass is 9.96. The van der Waals surface area contributed by atoms with Crippen LogP contribution in [0.15, 0.2) is 81.9 Å². The first-order valence-electron chi connectivity index (χ1n) is 10.4. The van der Waals surface area contributed by atoms with Crippen LogP contribution in [0.1, 0.15) is 31.0 Å². The smallest absolute Gasteiger partial charge is 0.338 e. The van der Waals surface area contributed by atoms with Gasteiger partial charge in [-0.25, -0.2) is 9.79 Å². The van der Waals surface area contributed by atoms with E-state index < -0.39 is 12.0 Å². The van der Waals surface area contributed by atoms with E-state index in [9.17, 15) is 9.59 Å². The summed E-state index contributed by atoms with van der Waals surface area (Å²) >= 11 is 1.33. The number of benzene rings is 2. The molecule has 1 unspecified atom stereocenters. The van der Waals surface area contributed by atoms with Gasteiger partial charge in [-0.1, -0.05) is 59.9 Å². The molecule has 0 spiro atoms. The first-order chi connectivity index (χ1) is 15.6. The van der Waals surface area contributed by atoms with Crippen LogP contribution >= 0.6 is 11.3 Å². The van der Waals surface area contributed by atoms with Crippen molar-refractivity contribution < 1.29 is 9.53 Å². The van der Waals surface area contributed by atoms with Crippen LogP contribution in [-0.4, -0.2) is 22.1 Å². The number of hydrogen-bond acceptors (Lipinski definition) is 5. The summed E-state index contributed by atoms with van der Waals surface area (Å²) in [5, 5.41) is 1.04. The summed E-state index contributed by atoms with van der Waals surface area (Å²) in [6.45, 7) is 3.81. The number of esters is 1. The van der Waals surface area contributed by atoms with Gasteiger partial charge in [0.05, 0.1) is 28.5 Å². The number of H-pyrrole nitrogens is 1. The lowest BCUT2D eigenvalue weighted by Crippen LogP contribution is -2.39. The van der Waals surface area contributed by atoms with Gasteiger partial charge in [0.25, 0.3) is 5.56 Å². The summed E-state index contributed by atoms with van der Waals surface area (Å²) in [7, 11) is 0. The number of para-hydroxylation sites is 1. The molecule has 2 aromatic heterocycles. The largest absolute Gasteiger partial charge is 0.463 e. The Hall–Kier alpha value is -3.71. The molecule has 7 heteroatoms. The van der Waals surface area contributed by atoms with Gasteiger partial charge in [-0.05, 0) is 31.6 Å². The summed E-state index contributed by atoms with van der Waals surface area (Å²) in [6.07, 6.45) is 3.78. The van der Waals surface area contributed by atoms with Crippen molar-refractivity contribution in [3.63, 3.8) is 0 Å². The quantitative estimate of drug-likeness (QED) is 0.492. The van der Waals surface area contributed by atoms with Crippen LogP contribution < -0.4 is 14.9 Å². The molecule has 2 aromatic carbocycles. The fourth-order valence-corrected chi connectivity index (χ4v) is 5.13. The van der Waals surface area contributed by atoms with E-state index in [-0.39, 0.29) is 12.2 Å². The molecule has 32 heavy (non-hydrogen) atoms. The van der Waals surface area contributed by atoms with Crippen molar-refractivity contribution in [2.45, 2.75) is 19.9 Å². The van der Waals surface area contributed by atoms with Crippen LogP contribution in [0.4, 0.5) is 0 Å². The third-order valence-corrected chi connectivity index (χ3v) is 6.52. The van der Waals surface area contributed by atoms with Crippen molar-refractivity contribution in [3.8, 4) is 0 Å². The minimum absolute atomic E-state index is 0.179. The van der Waals surface area contributed by atoms with E-state index in [1.165, 1.54) is 11.3 Å². The van der Waals surface area contributed by atoms with Crippen LogP contribution in [0.25, 0.3) is 17.0 Å². The minimum Gasteiger partial charge on any atom is -0.463 e. The van der Waals surface area contributed by atoms with Gasteiger partial charge < -0.3 is 9.72 Å². The normalized spacial score (nSPS) is 16.2. The summed E-state index contributed by atoms with van der Waals surface area (Å²) in [5.74, 6) is -0.450. The van der Waals surface area contributed by atoms with E-state index in [1.54, 1.807) is 18.4 Å². The van der Waals surface area contributed by atoms with Gasteiger partial charge in [-0.3, -0.25) is 9.36 Å². The molecule has 0 saturated heterocycles. The SMILES string of the molecule is CCOC(=O)C1=C(C)N=c2s/c(=C\c3c[nH]c4ccccc34)c(=O)n2C1c1ccccc1. The van der Waals surface area contributed by atoms with Crippen molar-refractivity contribution in [3.05, 3.63) is 103 Å². The molecule has 0 aliphatic carbocycles. The summed E-state index contributed by atoms with van der Waals surface area (Å²) in [5.41, 5.74) is 3.56. The molecule has 1 atom stereocenters. The maximum absolute atomic E-state index is 13.6. The Kier molecular flexibility index (Phi) is 5.11. The van der Waals surface area contributed by atoms with Crippen LogP contribution in [0.3, 0.4) is 0 Å².